The van der Waals surface area contributed by atoms with Gasteiger partial charge in [0.1, 0.15) is 0 Å². The molecule has 5 heteroatoms. The van der Waals surface area contributed by atoms with Gasteiger partial charge in [0, 0.05) is 29.4 Å². The average Bonchev–Trinajstić information content (AvgIpc) is 2.83. The van der Waals surface area contributed by atoms with Gasteiger partial charge in [0.2, 0.25) is 0 Å². The van der Waals surface area contributed by atoms with E-state index in [1.165, 1.54) is 6.07 Å². The van der Waals surface area contributed by atoms with Crippen molar-refractivity contribution < 1.29 is 13.9 Å². The summed E-state index contributed by atoms with van der Waals surface area (Å²) < 4.78 is 21.4. The fraction of sp³-hybridized carbons (Fsp3) is 0.421. The molecule has 1 N–H and O–H groups in total. The third-order valence-electron chi connectivity index (χ3n) is 4.58. The van der Waals surface area contributed by atoms with Gasteiger partial charge < -0.3 is 14.6 Å². The highest BCUT2D eigenvalue weighted by Crippen LogP contribution is 2.34. The van der Waals surface area contributed by atoms with Crippen LogP contribution in [-0.4, -0.2) is 17.1 Å². The molecule has 0 saturated heterocycles. The van der Waals surface area contributed by atoms with E-state index in [4.69, 9.17) is 4.74 Å². The van der Waals surface area contributed by atoms with E-state index in [9.17, 15) is 9.18 Å². The van der Waals surface area contributed by atoms with Crippen molar-refractivity contribution in [3.63, 3.8) is 0 Å². The van der Waals surface area contributed by atoms with Gasteiger partial charge in [-0.2, -0.15) is 0 Å². The highest BCUT2D eigenvalue weighted by Gasteiger charge is 2.27. The van der Waals surface area contributed by atoms with Crippen LogP contribution >= 0.6 is 0 Å². The van der Waals surface area contributed by atoms with E-state index in [0.717, 1.165) is 11.4 Å². The van der Waals surface area contributed by atoms with Crippen molar-refractivity contribution in [2.24, 2.45) is 0 Å². The minimum atomic E-state index is -0.385. The molecule has 1 aromatic carbocycles. The SMILES string of the molecule is Cc1cc(C(=O)N[C@H]2CCOc3c(F)cccc32)c(C)n1C(C)C. The van der Waals surface area contributed by atoms with Crippen LogP contribution in [-0.2, 0) is 0 Å². The minimum Gasteiger partial charge on any atom is -0.490 e. The van der Waals surface area contributed by atoms with Crippen molar-refractivity contribution in [3.8, 4) is 5.75 Å². The number of carbonyl (C=O) groups is 1. The molecule has 2 aromatic rings. The summed E-state index contributed by atoms with van der Waals surface area (Å²) in [5.41, 5.74) is 3.38. The highest BCUT2D eigenvalue weighted by molar-refractivity contribution is 5.96. The lowest BCUT2D eigenvalue weighted by Gasteiger charge is -2.27. The molecule has 1 amide bonds. The topological polar surface area (TPSA) is 43.3 Å². The molecule has 128 valence electrons. The summed E-state index contributed by atoms with van der Waals surface area (Å²) >= 11 is 0. The predicted molar refractivity (Wildman–Crippen MR) is 91.0 cm³/mol. The van der Waals surface area contributed by atoms with Gasteiger partial charge in [-0.1, -0.05) is 12.1 Å². The Bertz CT molecular complexity index is 780. The zero-order chi connectivity index (χ0) is 17.4. The Hall–Kier alpha value is -2.30. The number of fused-ring (bicyclic) bond motifs is 1. The number of hydrogen-bond acceptors (Lipinski definition) is 2. The van der Waals surface area contributed by atoms with Gasteiger partial charge in [0.05, 0.1) is 18.2 Å². The van der Waals surface area contributed by atoms with E-state index in [1.54, 1.807) is 12.1 Å². The Kier molecular flexibility index (Phi) is 4.35. The molecule has 1 aliphatic rings. The maximum absolute atomic E-state index is 13.9. The molecule has 0 unspecified atom stereocenters. The molecule has 0 bridgehead atoms. The Morgan fingerprint density at radius 1 is 1.38 bits per heavy atom. The predicted octanol–water partition coefficient (Wildman–Crippen LogP) is 4.08. The second-order valence-corrected chi connectivity index (χ2v) is 6.57. The molecule has 0 fully saturated rings. The summed E-state index contributed by atoms with van der Waals surface area (Å²) in [6, 6.07) is 6.80. The second-order valence-electron chi connectivity index (χ2n) is 6.57. The summed E-state index contributed by atoms with van der Waals surface area (Å²) in [6.45, 7) is 8.55. The van der Waals surface area contributed by atoms with Gasteiger partial charge in [-0.3, -0.25) is 4.79 Å². The molecular formula is C19H23FN2O2. The molecule has 0 radical (unpaired) electrons. The number of ether oxygens (including phenoxy) is 1. The van der Waals surface area contributed by atoms with Crippen molar-refractivity contribution in [1.82, 2.24) is 9.88 Å². The van der Waals surface area contributed by atoms with Gasteiger partial charge in [0.25, 0.3) is 5.91 Å². The molecule has 2 heterocycles. The van der Waals surface area contributed by atoms with Crippen molar-refractivity contribution >= 4 is 5.91 Å². The van der Waals surface area contributed by atoms with Crippen LogP contribution in [0.1, 0.15) is 59.7 Å². The Morgan fingerprint density at radius 2 is 2.12 bits per heavy atom. The van der Waals surface area contributed by atoms with E-state index in [-0.39, 0.29) is 23.5 Å². The van der Waals surface area contributed by atoms with Crippen LogP contribution in [0.4, 0.5) is 4.39 Å². The van der Waals surface area contributed by atoms with E-state index in [0.29, 0.717) is 30.2 Å². The fourth-order valence-electron chi connectivity index (χ4n) is 3.57. The number of para-hydroxylation sites is 1. The molecule has 24 heavy (non-hydrogen) atoms. The number of benzene rings is 1. The quantitative estimate of drug-likeness (QED) is 0.921. The molecule has 1 aliphatic heterocycles. The Labute approximate surface area is 141 Å². The molecule has 0 aliphatic carbocycles. The Balaban J connectivity index is 1.87. The van der Waals surface area contributed by atoms with Crippen LogP contribution in [0.15, 0.2) is 24.3 Å². The monoisotopic (exact) mass is 330 g/mol. The maximum Gasteiger partial charge on any atom is 0.253 e. The zero-order valence-electron chi connectivity index (χ0n) is 14.5. The zero-order valence-corrected chi connectivity index (χ0v) is 14.5. The molecule has 1 aromatic heterocycles. The summed E-state index contributed by atoms with van der Waals surface area (Å²) in [6.07, 6.45) is 0.630. The van der Waals surface area contributed by atoms with Gasteiger partial charge in [-0.05, 0) is 39.8 Å². The summed E-state index contributed by atoms with van der Waals surface area (Å²) in [7, 11) is 0. The van der Waals surface area contributed by atoms with Gasteiger partial charge in [-0.15, -0.1) is 0 Å². The number of rotatable bonds is 3. The second kappa shape index (κ2) is 6.30. The summed E-state index contributed by atoms with van der Waals surface area (Å²) in [5, 5.41) is 3.04. The molecule has 3 rings (SSSR count). The summed E-state index contributed by atoms with van der Waals surface area (Å²) in [4.78, 5) is 12.8. The molecule has 4 nitrogen and oxygen atoms in total. The van der Waals surface area contributed by atoms with Crippen LogP contribution in [0.2, 0.25) is 0 Å². The third kappa shape index (κ3) is 2.79. The first-order valence-corrected chi connectivity index (χ1v) is 8.30. The fourth-order valence-corrected chi connectivity index (χ4v) is 3.57. The maximum atomic E-state index is 13.9. The van der Waals surface area contributed by atoms with Crippen LogP contribution < -0.4 is 10.1 Å². The van der Waals surface area contributed by atoms with Crippen molar-refractivity contribution in [1.29, 1.82) is 0 Å². The smallest absolute Gasteiger partial charge is 0.253 e. The van der Waals surface area contributed by atoms with Crippen LogP contribution in [0, 0.1) is 19.7 Å². The molecule has 0 spiro atoms. The van der Waals surface area contributed by atoms with Gasteiger partial charge in [-0.25, -0.2) is 4.39 Å². The van der Waals surface area contributed by atoms with Gasteiger partial charge >= 0.3 is 0 Å². The number of amides is 1. The number of nitrogens with one attached hydrogen (secondary N) is 1. The first-order valence-electron chi connectivity index (χ1n) is 8.30. The van der Waals surface area contributed by atoms with Gasteiger partial charge in [0.15, 0.2) is 11.6 Å². The largest absolute Gasteiger partial charge is 0.490 e. The van der Waals surface area contributed by atoms with Crippen molar-refractivity contribution in [2.45, 2.75) is 46.2 Å². The van der Waals surface area contributed by atoms with E-state index < -0.39 is 0 Å². The third-order valence-corrected chi connectivity index (χ3v) is 4.58. The molecule has 1 atom stereocenters. The molecule has 0 saturated carbocycles. The van der Waals surface area contributed by atoms with Crippen LogP contribution in [0.25, 0.3) is 0 Å². The van der Waals surface area contributed by atoms with E-state index in [1.807, 2.05) is 19.9 Å². The van der Waals surface area contributed by atoms with Crippen LogP contribution in [0.3, 0.4) is 0 Å². The van der Waals surface area contributed by atoms with E-state index in [2.05, 4.69) is 23.7 Å². The lowest BCUT2D eigenvalue weighted by molar-refractivity contribution is 0.0923. The number of nitrogens with zero attached hydrogens (tertiary/aromatic N) is 1. The minimum absolute atomic E-state index is 0.128. The number of aromatic nitrogens is 1. The first kappa shape index (κ1) is 16.6. The number of halogens is 1. The average molecular weight is 330 g/mol. The number of aryl methyl sites for hydroxylation is 1. The Morgan fingerprint density at radius 3 is 2.79 bits per heavy atom. The lowest BCUT2D eigenvalue weighted by Crippen LogP contribution is -2.32. The summed E-state index contributed by atoms with van der Waals surface area (Å²) in [5.74, 6) is -0.261. The first-order chi connectivity index (χ1) is 11.4. The highest BCUT2D eigenvalue weighted by atomic mass is 19.1. The van der Waals surface area contributed by atoms with Crippen LogP contribution in [0.5, 0.6) is 5.75 Å². The van der Waals surface area contributed by atoms with Crippen molar-refractivity contribution in [2.75, 3.05) is 6.61 Å². The lowest BCUT2D eigenvalue weighted by atomic mass is 10.00. The standard InChI is InChI=1S/C19H23FN2O2/c1-11(2)22-12(3)10-15(13(22)4)19(23)21-17-8-9-24-18-14(17)6-5-7-16(18)20/h5-7,10-11,17H,8-9H2,1-4H3,(H,21,23)/t17-/m0/s1. The number of carbonyl (C=O) groups excluding carboxylic acids is 1. The normalized spacial score (nSPS) is 16.7. The van der Waals surface area contributed by atoms with Crippen molar-refractivity contribution in [3.05, 3.63) is 52.6 Å². The van der Waals surface area contributed by atoms with E-state index >= 15 is 0 Å². The number of hydrogen-bond donors (Lipinski definition) is 1. The molecular weight excluding hydrogens is 307 g/mol.